The number of ether oxygens (including phenoxy) is 2. The van der Waals surface area contributed by atoms with Gasteiger partial charge in [0.05, 0.1) is 30.7 Å². The highest BCUT2D eigenvalue weighted by Gasteiger charge is 2.68. The van der Waals surface area contributed by atoms with Crippen LogP contribution in [0.3, 0.4) is 0 Å². The Balaban J connectivity index is 0.931. The van der Waals surface area contributed by atoms with Gasteiger partial charge in [-0.05, 0) is 112 Å². The van der Waals surface area contributed by atoms with Gasteiger partial charge in [0.15, 0.2) is 23.1 Å². The topological polar surface area (TPSA) is 147 Å². The Bertz CT molecular complexity index is 2050. The van der Waals surface area contributed by atoms with Crippen LogP contribution in [-0.4, -0.2) is 83.4 Å². The van der Waals surface area contributed by atoms with Gasteiger partial charge in [0.1, 0.15) is 16.9 Å². The summed E-state index contributed by atoms with van der Waals surface area (Å²) in [4.78, 5) is 55.8. The molecule has 6 fully saturated rings. The summed E-state index contributed by atoms with van der Waals surface area (Å²) in [5, 5.41) is 27.5. The average molecular weight is 760 g/mol. The number of allylic oxidation sites excluding steroid dienone is 1. The van der Waals surface area contributed by atoms with E-state index in [0.717, 1.165) is 50.6 Å². The van der Waals surface area contributed by atoms with Crippen molar-refractivity contribution < 1.29 is 38.5 Å². The lowest BCUT2D eigenvalue weighted by Crippen LogP contribution is -2.61. The first-order valence-electron chi connectivity index (χ1n) is 20.6. The number of hydrogen-bond donors (Lipinski definition) is 3. The zero-order chi connectivity index (χ0) is 38.6. The second kappa shape index (κ2) is 13.2. The number of carbonyl (C=O) groups excluding carboxylic acids is 3. The number of halogens is 1. The van der Waals surface area contributed by atoms with Crippen LogP contribution in [0.2, 0.25) is 0 Å². The Morgan fingerprint density at radius 3 is 2.62 bits per heavy atom. The van der Waals surface area contributed by atoms with E-state index in [-0.39, 0.29) is 83.6 Å². The molecule has 4 saturated carbocycles. The number of piperidine rings is 1. The van der Waals surface area contributed by atoms with Gasteiger partial charge in [-0.15, -0.1) is 0 Å². The lowest BCUT2D eigenvalue weighted by Gasteiger charge is -2.60. The van der Waals surface area contributed by atoms with E-state index in [2.05, 4.69) is 12.2 Å². The number of benzene rings is 1. The van der Waals surface area contributed by atoms with Crippen molar-refractivity contribution in [2.24, 2.45) is 34.5 Å². The van der Waals surface area contributed by atoms with Crippen LogP contribution in [0.15, 0.2) is 28.7 Å². The van der Waals surface area contributed by atoms with E-state index >= 15 is 4.39 Å². The molecule has 1 aromatic carbocycles. The van der Waals surface area contributed by atoms with Crippen molar-refractivity contribution in [3.05, 3.63) is 45.5 Å². The van der Waals surface area contributed by atoms with Gasteiger partial charge in [0.25, 0.3) is 0 Å². The third-order valence-electron chi connectivity index (χ3n) is 15.5. The molecule has 296 valence electrons. The van der Waals surface area contributed by atoms with Crippen molar-refractivity contribution in [3.8, 4) is 5.75 Å². The highest BCUT2D eigenvalue weighted by molar-refractivity contribution is 5.98. The third kappa shape index (κ3) is 5.58. The van der Waals surface area contributed by atoms with Gasteiger partial charge in [-0.25, -0.2) is 9.18 Å². The monoisotopic (exact) mass is 759 g/mol. The van der Waals surface area contributed by atoms with Crippen molar-refractivity contribution in [2.75, 3.05) is 38.3 Å². The van der Waals surface area contributed by atoms with Gasteiger partial charge in [-0.2, -0.15) is 0 Å². The van der Waals surface area contributed by atoms with E-state index in [4.69, 9.17) is 9.47 Å². The second-order valence-corrected chi connectivity index (χ2v) is 18.3. The van der Waals surface area contributed by atoms with Crippen molar-refractivity contribution >= 4 is 34.1 Å². The molecule has 7 aliphatic rings. The third-order valence-corrected chi connectivity index (χ3v) is 15.5. The number of anilines is 1. The molecule has 9 rings (SSSR count). The first-order valence-corrected chi connectivity index (χ1v) is 20.6. The molecule has 12 heteroatoms. The van der Waals surface area contributed by atoms with Gasteiger partial charge in [-0.1, -0.05) is 19.4 Å². The lowest BCUT2D eigenvalue weighted by molar-refractivity contribution is -0.181. The van der Waals surface area contributed by atoms with Crippen LogP contribution in [0.4, 0.5) is 10.1 Å². The normalized spacial score (nSPS) is 36.8. The predicted octanol–water partition coefficient (Wildman–Crippen LogP) is 5.02. The van der Waals surface area contributed by atoms with Crippen molar-refractivity contribution in [2.45, 2.75) is 115 Å². The summed E-state index contributed by atoms with van der Waals surface area (Å²) < 4.78 is 29.4. The van der Waals surface area contributed by atoms with Crippen molar-refractivity contribution in [1.29, 1.82) is 0 Å². The SMILES string of the molecule is COc1c(N2CC3CCCNC3C2)c(F)cc2c(=O)c(C(=O)OCCC(=O)[C@@]3(O)CCC4C5CCC6=CC(=O)CC[C@]6(C)C5[C@@H](O)C[C@@]43C)cn(C3CC3)c12. The highest BCUT2D eigenvalue weighted by Crippen LogP contribution is 2.67. The molecule has 0 amide bonds. The molecule has 2 saturated heterocycles. The minimum atomic E-state index is -1.70. The molecular weight excluding hydrogens is 705 g/mol. The van der Waals surface area contributed by atoms with Gasteiger partial charge in [-0.3, -0.25) is 14.4 Å². The van der Waals surface area contributed by atoms with E-state index in [1.54, 1.807) is 6.08 Å². The van der Waals surface area contributed by atoms with Crippen LogP contribution in [0.5, 0.6) is 5.75 Å². The smallest absolute Gasteiger partial charge is 0.343 e. The molecule has 2 aliphatic heterocycles. The standard InChI is InChI=1S/C43H54FN3O8/c1-41-13-10-26(48)17-24(41)6-9-27-30-11-14-43(53,42(30,2)19-33(49)35(27)41)34(50)12-16-55-40(52)29-21-47(25-7-8-25)36-28(38(29)51)18-31(44)37(39(36)54-3)46-20-23-5-4-15-45-32(23)22-46/h17-18,21,23,25,27,30,32-33,35,45,49,53H,4-16,19-20,22H2,1-3H3/t23?,27?,30?,32?,33-,35?,41-,42-,43-/m0/s1. The summed E-state index contributed by atoms with van der Waals surface area (Å²) in [5.74, 6) is -0.997. The van der Waals surface area contributed by atoms with E-state index in [0.29, 0.717) is 49.5 Å². The molecule has 0 spiro atoms. The van der Waals surface area contributed by atoms with E-state index < -0.39 is 40.1 Å². The summed E-state index contributed by atoms with van der Waals surface area (Å²) in [5.41, 5.74) is -1.83. The molecule has 5 aliphatic carbocycles. The van der Waals surface area contributed by atoms with Crippen molar-refractivity contribution in [3.63, 3.8) is 0 Å². The highest BCUT2D eigenvalue weighted by atomic mass is 19.1. The summed E-state index contributed by atoms with van der Waals surface area (Å²) in [6.07, 6.45) is 10.1. The Labute approximate surface area is 320 Å². The van der Waals surface area contributed by atoms with Crippen LogP contribution >= 0.6 is 0 Å². The van der Waals surface area contributed by atoms with Gasteiger partial charge >= 0.3 is 5.97 Å². The first kappa shape index (κ1) is 37.0. The van der Waals surface area contributed by atoms with Crippen LogP contribution in [0.1, 0.15) is 107 Å². The average Bonchev–Trinajstić information content (AvgIpc) is 3.85. The van der Waals surface area contributed by atoms with E-state index in [1.165, 1.54) is 19.4 Å². The molecule has 3 heterocycles. The van der Waals surface area contributed by atoms with Gasteiger partial charge in [0, 0.05) is 49.6 Å². The summed E-state index contributed by atoms with van der Waals surface area (Å²) in [6, 6.07) is 1.50. The summed E-state index contributed by atoms with van der Waals surface area (Å²) in [7, 11) is 1.48. The quantitative estimate of drug-likeness (QED) is 0.314. The molecule has 11 nitrogen and oxygen atoms in total. The molecular formula is C43H54FN3O8. The maximum absolute atomic E-state index is 16.1. The fourth-order valence-electron chi connectivity index (χ4n) is 12.6. The van der Waals surface area contributed by atoms with Gasteiger partial charge in [0.2, 0.25) is 5.43 Å². The maximum Gasteiger partial charge on any atom is 0.343 e. The number of esters is 1. The van der Waals surface area contributed by atoms with Crippen LogP contribution in [-0.2, 0) is 14.3 Å². The Morgan fingerprint density at radius 1 is 1.07 bits per heavy atom. The minimum Gasteiger partial charge on any atom is -0.492 e. The summed E-state index contributed by atoms with van der Waals surface area (Å²) in [6.45, 7) is 6.02. The molecule has 9 atom stereocenters. The molecule has 0 radical (unpaired) electrons. The number of ketones is 2. The molecule has 5 unspecified atom stereocenters. The maximum atomic E-state index is 16.1. The Morgan fingerprint density at radius 2 is 1.87 bits per heavy atom. The fourth-order valence-corrected chi connectivity index (χ4v) is 12.6. The van der Waals surface area contributed by atoms with Crippen molar-refractivity contribution in [1.82, 2.24) is 9.88 Å². The number of hydrogen-bond acceptors (Lipinski definition) is 10. The number of aromatic nitrogens is 1. The molecule has 1 aromatic heterocycles. The minimum absolute atomic E-state index is 0.0111. The van der Waals surface area contributed by atoms with Gasteiger partial charge < -0.3 is 34.5 Å². The zero-order valence-corrected chi connectivity index (χ0v) is 32.2. The largest absolute Gasteiger partial charge is 0.492 e. The number of methoxy groups -OCH3 is 1. The number of nitrogens with zero attached hydrogens (tertiary/aromatic N) is 2. The number of aliphatic hydroxyl groups is 2. The Hall–Kier alpha value is -3.61. The number of nitrogens with one attached hydrogen (secondary N) is 1. The van der Waals surface area contributed by atoms with Crippen LogP contribution in [0, 0.1) is 40.3 Å². The molecule has 2 aromatic rings. The number of pyridine rings is 1. The van der Waals surface area contributed by atoms with Crippen LogP contribution in [0.25, 0.3) is 10.9 Å². The number of aliphatic hydroxyl groups excluding tert-OH is 1. The molecule has 0 bridgehead atoms. The Kier molecular flexibility index (Phi) is 8.90. The second-order valence-electron chi connectivity index (χ2n) is 18.3. The van der Waals surface area contributed by atoms with Crippen LogP contribution < -0.4 is 20.4 Å². The predicted molar refractivity (Wildman–Crippen MR) is 203 cm³/mol. The fraction of sp³-hybridized carbons (Fsp3) is 0.674. The lowest BCUT2D eigenvalue weighted by atomic mass is 9.45. The first-order chi connectivity index (χ1) is 26.3. The number of carbonyl (C=O) groups is 3. The number of Topliss-reactive ketones (excluding diaryl/α,β-unsaturated/α-hetero) is 1. The molecule has 55 heavy (non-hydrogen) atoms. The molecule has 3 N–H and O–H groups in total. The zero-order valence-electron chi connectivity index (χ0n) is 32.2. The van der Waals surface area contributed by atoms with E-state index in [9.17, 15) is 29.4 Å². The van der Waals surface area contributed by atoms with E-state index in [1.807, 2.05) is 16.4 Å². The number of rotatable bonds is 8. The number of fused-ring (bicyclic) bond motifs is 7. The summed E-state index contributed by atoms with van der Waals surface area (Å²) >= 11 is 0.